The van der Waals surface area contributed by atoms with Crippen molar-refractivity contribution in [2.75, 3.05) is 33.9 Å². The maximum Gasteiger partial charge on any atom is 0.247 e. The molecule has 0 unspecified atom stereocenters. The van der Waals surface area contributed by atoms with Crippen LogP contribution in [0.5, 0.6) is 11.5 Å². The van der Waals surface area contributed by atoms with Crippen LogP contribution in [0.3, 0.4) is 0 Å². The molecule has 0 saturated heterocycles. The van der Waals surface area contributed by atoms with Gasteiger partial charge >= 0.3 is 0 Å². The van der Waals surface area contributed by atoms with Crippen LogP contribution in [0.1, 0.15) is 13.8 Å². The molecule has 2 aromatic rings. The molecule has 0 amide bonds. The number of ether oxygens (including phenoxy) is 2. The van der Waals surface area contributed by atoms with Gasteiger partial charge in [-0.2, -0.15) is 4.31 Å². The van der Waals surface area contributed by atoms with Gasteiger partial charge in [-0.3, -0.25) is 0 Å². The lowest BCUT2D eigenvalue weighted by Crippen LogP contribution is -2.49. The second kappa shape index (κ2) is 9.34. The van der Waals surface area contributed by atoms with E-state index in [9.17, 15) is 13.5 Å². The summed E-state index contributed by atoms with van der Waals surface area (Å²) in [5.41, 5.74) is 1.66. The van der Waals surface area contributed by atoms with E-state index in [-0.39, 0.29) is 30.1 Å². The van der Waals surface area contributed by atoms with Crippen molar-refractivity contribution in [3.63, 3.8) is 0 Å². The van der Waals surface area contributed by atoms with E-state index in [1.54, 1.807) is 32.2 Å². The van der Waals surface area contributed by atoms with Crippen LogP contribution in [-0.4, -0.2) is 63.8 Å². The number of sulfonamides is 1. The Morgan fingerprint density at radius 2 is 2.03 bits per heavy atom. The van der Waals surface area contributed by atoms with Crippen molar-refractivity contribution in [2.24, 2.45) is 5.92 Å². The van der Waals surface area contributed by atoms with Crippen molar-refractivity contribution in [3.8, 4) is 22.6 Å². The van der Waals surface area contributed by atoms with E-state index in [0.717, 1.165) is 11.1 Å². The van der Waals surface area contributed by atoms with E-state index in [1.165, 1.54) is 4.31 Å². The molecule has 1 aliphatic rings. The monoisotopic (exact) mass is 434 g/mol. The molecule has 0 spiro atoms. The topological polar surface area (TPSA) is 88.1 Å². The number of aliphatic hydroxyl groups is 1. The quantitative estimate of drug-likeness (QED) is 0.726. The SMILES string of the molecule is CNC[C@@H]1Oc2cc(-c3ccccc3OC)ccc2S(=O)(=O)N([C@H](C)CO)C[C@H]1C. The van der Waals surface area contributed by atoms with Crippen LogP contribution in [0.15, 0.2) is 47.4 Å². The van der Waals surface area contributed by atoms with E-state index in [2.05, 4.69) is 5.32 Å². The summed E-state index contributed by atoms with van der Waals surface area (Å²) in [6.45, 7) is 4.26. The minimum atomic E-state index is -3.84. The average Bonchev–Trinajstić information content (AvgIpc) is 2.75. The molecule has 0 aliphatic carbocycles. The zero-order valence-electron chi connectivity index (χ0n) is 17.8. The van der Waals surface area contributed by atoms with E-state index in [4.69, 9.17) is 9.47 Å². The Morgan fingerprint density at radius 1 is 1.30 bits per heavy atom. The van der Waals surface area contributed by atoms with Crippen molar-refractivity contribution < 1.29 is 23.0 Å². The molecule has 0 aromatic heterocycles. The highest BCUT2D eigenvalue weighted by Crippen LogP contribution is 2.38. The molecule has 164 valence electrons. The summed E-state index contributed by atoms with van der Waals surface area (Å²) in [5.74, 6) is 0.923. The van der Waals surface area contributed by atoms with Crippen LogP contribution in [0.25, 0.3) is 11.1 Å². The van der Waals surface area contributed by atoms with Crippen molar-refractivity contribution in [1.29, 1.82) is 0 Å². The van der Waals surface area contributed by atoms with Crippen molar-refractivity contribution in [2.45, 2.75) is 30.9 Å². The fraction of sp³-hybridized carbons (Fsp3) is 0.455. The third-order valence-corrected chi connectivity index (χ3v) is 7.51. The van der Waals surface area contributed by atoms with Gasteiger partial charge in [0.25, 0.3) is 0 Å². The van der Waals surface area contributed by atoms with Crippen LogP contribution in [-0.2, 0) is 10.0 Å². The summed E-state index contributed by atoms with van der Waals surface area (Å²) in [4.78, 5) is 0.106. The van der Waals surface area contributed by atoms with Gasteiger partial charge in [0, 0.05) is 30.6 Å². The molecular weight excluding hydrogens is 404 g/mol. The molecule has 2 N–H and O–H groups in total. The van der Waals surface area contributed by atoms with Crippen LogP contribution < -0.4 is 14.8 Å². The molecule has 8 heteroatoms. The lowest BCUT2D eigenvalue weighted by Gasteiger charge is -2.36. The van der Waals surface area contributed by atoms with Gasteiger partial charge < -0.3 is 19.9 Å². The molecule has 30 heavy (non-hydrogen) atoms. The molecule has 0 bridgehead atoms. The molecule has 0 radical (unpaired) electrons. The highest BCUT2D eigenvalue weighted by Gasteiger charge is 2.37. The van der Waals surface area contributed by atoms with Gasteiger partial charge in [-0.05, 0) is 37.7 Å². The van der Waals surface area contributed by atoms with Crippen LogP contribution >= 0.6 is 0 Å². The standard InChI is InChI=1S/C22H30N2O5S/c1-15-13-24(16(2)14-25)30(26,27)22-10-9-17(11-20(22)29-21(15)12-23-3)18-7-5-6-8-19(18)28-4/h5-11,15-16,21,23,25H,12-14H2,1-4H3/t15-,16-,21+/m1/s1. The Labute approximate surface area is 178 Å². The van der Waals surface area contributed by atoms with E-state index in [1.807, 2.05) is 38.2 Å². The fourth-order valence-electron chi connectivity index (χ4n) is 3.72. The number of nitrogens with zero attached hydrogens (tertiary/aromatic N) is 1. The lowest BCUT2D eigenvalue weighted by molar-refractivity contribution is 0.103. The number of likely N-dealkylation sites (N-methyl/N-ethyl adjacent to an activating group) is 1. The largest absolute Gasteiger partial charge is 0.496 e. The summed E-state index contributed by atoms with van der Waals surface area (Å²) < 4.78 is 40.0. The number of nitrogens with one attached hydrogen (secondary N) is 1. The van der Waals surface area contributed by atoms with Crippen LogP contribution in [0.2, 0.25) is 0 Å². The first kappa shape index (κ1) is 22.6. The molecule has 7 nitrogen and oxygen atoms in total. The number of aliphatic hydroxyl groups excluding tert-OH is 1. The van der Waals surface area contributed by atoms with Gasteiger partial charge in [0.05, 0.1) is 13.7 Å². The maximum atomic E-state index is 13.5. The van der Waals surface area contributed by atoms with Crippen LogP contribution in [0, 0.1) is 5.92 Å². The minimum Gasteiger partial charge on any atom is -0.496 e. The number of hydrogen-bond donors (Lipinski definition) is 2. The van der Waals surface area contributed by atoms with Gasteiger partial charge in [0.2, 0.25) is 10.0 Å². The molecule has 1 aliphatic heterocycles. The molecule has 3 rings (SSSR count). The molecule has 3 atom stereocenters. The Kier molecular flexibility index (Phi) is 7.02. The zero-order valence-corrected chi connectivity index (χ0v) is 18.6. The van der Waals surface area contributed by atoms with E-state index in [0.29, 0.717) is 18.0 Å². The normalized spacial score (nSPS) is 22.3. The highest BCUT2D eigenvalue weighted by molar-refractivity contribution is 7.89. The summed E-state index contributed by atoms with van der Waals surface area (Å²) in [7, 11) is -0.401. The number of hydrogen-bond acceptors (Lipinski definition) is 6. The Bertz CT molecular complexity index is 979. The Balaban J connectivity index is 2.17. The third-order valence-electron chi connectivity index (χ3n) is 5.49. The predicted molar refractivity (Wildman–Crippen MR) is 116 cm³/mol. The maximum absolute atomic E-state index is 13.5. The van der Waals surface area contributed by atoms with Gasteiger partial charge in [-0.25, -0.2) is 8.42 Å². The van der Waals surface area contributed by atoms with Gasteiger partial charge in [0.15, 0.2) is 0 Å². The molecule has 0 fully saturated rings. The summed E-state index contributed by atoms with van der Waals surface area (Å²) in [6, 6.07) is 12.1. The fourth-order valence-corrected chi connectivity index (χ4v) is 5.55. The number of benzene rings is 2. The predicted octanol–water partition coefficient (Wildman–Crippen LogP) is 2.35. The van der Waals surface area contributed by atoms with Crippen LogP contribution in [0.4, 0.5) is 0 Å². The highest BCUT2D eigenvalue weighted by atomic mass is 32.2. The summed E-state index contributed by atoms with van der Waals surface area (Å²) in [5, 5.41) is 12.8. The second-order valence-electron chi connectivity index (χ2n) is 7.66. The molecule has 1 heterocycles. The lowest BCUT2D eigenvalue weighted by atomic mass is 10.0. The van der Waals surface area contributed by atoms with Crippen molar-refractivity contribution in [3.05, 3.63) is 42.5 Å². The first-order chi connectivity index (χ1) is 14.3. The number of methoxy groups -OCH3 is 1. The number of para-hydroxylation sites is 1. The van der Waals surface area contributed by atoms with Crippen molar-refractivity contribution >= 4 is 10.0 Å². The number of rotatable bonds is 6. The third kappa shape index (κ3) is 4.32. The Morgan fingerprint density at radius 3 is 2.70 bits per heavy atom. The number of fused-ring (bicyclic) bond motifs is 1. The Hall–Kier alpha value is -2.13. The van der Waals surface area contributed by atoms with Gasteiger partial charge in [0.1, 0.15) is 22.5 Å². The summed E-state index contributed by atoms with van der Waals surface area (Å²) >= 11 is 0. The first-order valence-corrected chi connectivity index (χ1v) is 11.5. The van der Waals surface area contributed by atoms with Gasteiger partial charge in [-0.1, -0.05) is 31.2 Å². The zero-order chi connectivity index (χ0) is 21.9. The molecular formula is C22H30N2O5S. The smallest absolute Gasteiger partial charge is 0.247 e. The van der Waals surface area contributed by atoms with E-state index < -0.39 is 16.1 Å². The first-order valence-electron chi connectivity index (χ1n) is 10.0. The van der Waals surface area contributed by atoms with Gasteiger partial charge in [-0.15, -0.1) is 0 Å². The van der Waals surface area contributed by atoms with Crippen molar-refractivity contribution in [1.82, 2.24) is 9.62 Å². The summed E-state index contributed by atoms with van der Waals surface area (Å²) in [6.07, 6.45) is -0.231. The molecule has 2 aromatic carbocycles. The average molecular weight is 435 g/mol. The minimum absolute atomic E-state index is 0.0794. The second-order valence-corrected chi connectivity index (χ2v) is 9.52. The van der Waals surface area contributed by atoms with E-state index >= 15 is 0 Å². The molecule has 0 saturated carbocycles.